The van der Waals surface area contributed by atoms with Gasteiger partial charge in [-0.25, -0.2) is 4.79 Å². The van der Waals surface area contributed by atoms with Crippen LogP contribution in [0.4, 0.5) is 4.79 Å². The van der Waals surface area contributed by atoms with E-state index < -0.39 is 0 Å². The fourth-order valence-corrected chi connectivity index (χ4v) is 2.48. The van der Waals surface area contributed by atoms with Gasteiger partial charge in [-0.15, -0.1) is 12.4 Å². The lowest BCUT2D eigenvalue weighted by molar-refractivity contribution is 0.0366. The van der Waals surface area contributed by atoms with E-state index in [1.807, 2.05) is 4.90 Å². The van der Waals surface area contributed by atoms with E-state index in [1.165, 1.54) is 12.8 Å². The van der Waals surface area contributed by atoms with Gasteiger partial charge in [0.15, 0.2) is 0 Å². The maximum absolute atomic E-state index is 11.6. The van der Waals surface area contributed by atoms with Crippen molar-refractivity contribution in [3.05, 3.63) is 0 Å². The molecule has 2 saturated heterocycles. The van der Waals surface area contributed by atoms with Crippen LogP contribution in [-0.2, 0) is 4.74 Å². The number of ether oxygens (including phenoxy) is 1. The van der Waals surface area contributed by atoms with Crippen LogP contribution in [0.1, 0.15) is 25.7 Å². The minimum absolute atomic E-state index is 0. The van der Waals surface area contributed by atoms with Crippen LogP contribution in [0.5, 0.6) is 0 Å². The van der Waals surface area contributed by atoms with Crippen LogP contribution < -0.4 is 5.32 Å². The van der Waals surface area contributed by atoms with Crippen molar-refractivity contribution in [1.29, 1.82) is 0 Å². The number of carbonyl (C=O) groups is 1. The second kappa shape index (κ2) is 3.83. The quantitative estimate of drug-likeness (QED) is 0.738. The van der Waals surface area contributed by atoms with Gasteiger partial charge in [-0.1, -0.05) is 0 Å². The normalized spacial score (nSPS) is 35.2. The first kappa shape index (κ1) is 11.0. The summed E-state index contributed by atoms with van der Waals surface area (Å²) in [7, 11) is 0. The lowest BCUT2D eigenvalue weighted by Crippen LogP contribution is -2.48. The number of carbonyl (C=O) groups excluding carboxylic acids is 1. The Bertz CT molecular complexity index is 262. The zero-order valence-corrected chi connectivity index (χ0v) is 9.52. The largest absolute Gasteiger partial charge is 0.440 e. The SMILES string of the molecule is Cl.O=C1OC2(CCCNC2)CN1C1CC1. The van der Waals surface area contributed by atoms with Gasteiger partial charge in [0.2, 0.25) is 0 Å². The molecule has 86 valence electrons. The number of hydrogen-bond donors (Lipinski definition) is 1. The Balaban J connectivity index is 0.000000853. The second-order valence-electron chi connectivity index (χ2n) is 4.69. The molecule has 3 fully saturated rings. The Morgan fingerprint density at radius 3 is 2.87 bits per heavy atom. The van der Waals surface area contributed by atoms with Crippen molar-refractivity contribution in [3.8, 4) is 0 Å². The van der Waals surface area contributed by atoms with Gasteiger partial charge in [0.05, 0.1) is 6.54 Å². The van der Waals surface area contributed by atoms with E-state index >= 15 is 0 Å². The number of piperidine rings is 1. The first-order chi connectivity index (χ1) is 6.79. The smallest absolute Gasteiger partial charge is 0.410 e. The van der Waals surface area contributed by atoms with Crippen molar-refractivity contribution in [1.82, 2.24) is 10.2 Å². The lowest BCUT2D eigenvalue weighted by Gasteiger charge is -2.31. The van der Waals surface area contributed by atoms with E-state index in [1.54, 1.807) is 0 Å². The Labute approximate surface area is 95.7 Å². The van der Waals surface area contributed by atoms with E-state index in [0.717, 1.165) is 32.5 Å². The molecule has 0 radical (unpaired) electrons. The molecule has 3 rings (SSSR count). The molecule has 1 amide bonds. The van der Waals surface area contributed by atoms with Gasteiger partial charge in [-0.05, 0) is 32.2 Å². The first-order valence-electron chi connectivity index (χ1n) is 5.49. The van der Waals surface area contributed by atoms with E-state index in [2.05, 4.69) is 5.32 Å². The van der Waals surface area contributed by atoms with Gasteiger partial charge < -0.3 is 15.0 Å². The number of rotatable bonds is 1. The molecule has 1 atom stereocenters. The molecular formula is C10H17ClN2O2. The summed E-state index contributed by atoms with van der Waals surface area (Å²) in [5, 5.41) is 3.31. The van der Waals surface area contributed by atoms with Crippen LogP contribution in [0, 0.1) is 0 Å². The van der Waals surface area contributed by atoms with Gasteiger partial charge in [0.25, 0.3) is 0 Å². The van der Waals surface area contributed by atoms with Crippen LogP contribution in [-0.4, -0.2) is 42.3 Å². The molecule has 0 aromatic carbocycles. The molecule has 2 aliphatic heterocycles. The summed E-state index contributed by atoms with van der Waals surface area (Å²) >= 11 is 0. The molecule has 1 N–H and O–H groups in total. The van der Waals surface area contributed by atoms with Crippen LogP contribution in [0.3, 0.4) is 0 Å². The maximum Gasteiger partial charge on any atom is 0.410 e. The summed E-state index contributed by atoms with van der Waals surface area (Å²) < 4.78 is 5.53. The fraction of sp³-hybridized carbons (Fsp3) is 0.900. The van der Waals surface area contributed by atoms with Crippen molar-refractivity contribution in [2.75, 3.05) is 19.6 Å². The Morgan fingerprint density at radius 1 is 1.47 bits per heavy atom. The second-order valence-corrected chi connectivity index (χ2v) is 4.69. The summed E-state index contributed by atoms with van der Waals surface area (Å²) in [6.45, 7) is 2.70. The third-order valence-electron chi connectivity index (χ3n) is 3.42. The Hall–Kier alpha value is -0.480. The molecule has 1 unspecified atom stereocenters. The third-order valence-corrected chi connectivity index (χ3v) is 3.42. The molecule has 5 heteroatoms. The summed E-state index contributed by atoms with van der Waals surface area (Å²) in [6, 6.07) is 0.490. The highest BCUT2D eigenvalue weighted by Crippen LogP contribution is 2.36. The van der Waals surface area contributed by atoms with Gasteiger partial charge in [0.1, 0.15) is 5.60 Å². The van der Waals surface area contributed by atoms with Crippen LogP contribution >= 0.6 is 12.4 Å². The van der Waals surface area contributed by atoms with Crippen molar-refractivity contribution >= 4 is 18.5 Å². The molecule has 0 aromatic rings. The lowest BCUT2D eigenvalue weighted by atomic mass is 9.94. The van der Waals surface area contributed by atoms with E-state index in [0.29, 0.717) is 6.04 Å². The highest BCUT2D eigenvalue weighted by atomic mass is 35.5. The highest BCUT2D eigenvalue weighted by Gasteiger charge is 2.49. The molecule has 1 saturated carbocycles. The predicted octanol–water partition coefficient (Wildman–Crippen LogP) is 1.14. The van der Waals surface area contributed by atoms with Gasteiger partial charge in [0, 0.05) is 12.6 Å². The maximum atomic E-state index is 11.6. The van der Waals surface area contributed by atoms with Crippen molar-refractivity contribution in [2.45, 2.75) is 37.3 Å². The minimum Gasteiger partial charge on any atom is -0.440 e. The van der Waals surface area contributed by atoms with Crippen molar-refractivity contribution in [2.24, 2.45) is 0 Å². The van der Waals surface area contributed by atoms with Crippen LogP contribution in [0.15, 0.2) is 0 Å². The van der Waals surface area contributed by atoms with Gasteiger partial charge in [-0.2, -0.15) is 0 Å². The first-order valence-corrected chi connectivity index (χ1v) is 5.49. The molecule has 3 aliphatic rings. The van der Waals surface area contributed by atoms with E-state index in [4.69, 9.17) is 4.74 Å². The molecule has 4 nitrogen and oxygen atoms in total. The van der Waals surface area contributed by atoms with Crippen molar-refractivity contribution < 1.29 is 9.53 Å². The van der Waals surface area contributed by atoms with E-state index in [9.17, 15) is 4.79 Å². The van der Waals surface area contributed by atoms with Gasteiger partial charge >= 0.3 is 6.09 Å². The number of amides is 1. The average molecular weight is 233 g/mol. The zero-order chi connectivity index (χ0) is 9.60. The van der Waals surface area contributed by atoms with Crippen LogP contribution in [0.2, 0.25) is 0 Å². The number of nitrogens with one attached hydrogen (secondary N) is 1. The molecule has 2 heterocycles. The Morgan fingerprint density at radius 2 is 2.27 bits per heavy atom. The number of halogens is 1. The fourth-order valence-electron chi connectivity index (χ4n) is 2.48. The molecular weight excluding hydrogens is 216 g/mol. The molecule has 15 heavy (non-hydrogen) atoms. The summed E-state index contributed by atoms with van der Waals surface area (Å²) in [5.41, 5.74) is -0.197. The Kier molecular flexibility index (Phi) is 2.81. The summed E-state index contributed by atoms with van der Waals surface area (Å²) in [5.74, 6) is 0. The number of hydrogen-bond acceptors (Lipinski definition) is 3. The standard InChI is InChI=1S/C10H16N2O2.ClH/c13-9-12(8-2-3-8)7-10(14-9)4-1-5-11-6-10;/h8,11H,1-7H2;1H. The van der Waals surface area contributed by atoms with Crippen LogP contribution in [0.25, 0.3) is 0 Å². The molecule has 0 aromatic heterocycles. The molecule has 1 spiro atoms. The molecule has 1 aliphatic carbocycles. The monoisotopic (exact) mass is 232 g/mol. The third kappa shape index (κ3) is 1.93. The summed E-state index contributed by atoms with van der Waals surface area (Å²) in [4.78, 5) is 13.5. The summed E-state index contributed by atoms with van der Waals surface area (Å²) in [6.07, 6.45) is 4.38. The van der Waals surface area contributed by atoms with E-state index in [-0.39, 0.29) is 24.1 Å². The van der Waals surface area contributed by atoms with Gasteiger partial charge in [-0.3, -0.25) is 0 Å². The highest BCUT2D eigenvalue weighted by molar-refractivity contribution is 5.85. The predicted molar refractivity (Wildman–Crippen MR) is 58.3 cm³/mol. The topological polar surface area (TPSA) is 41.6 Å². The average Bonchev–Trinajstić information content (AvgIpc) is 2.95. The minimum atomic E-state index is -0.197. The zero-order valence-electron chi connectivity index (χ0n) is 8.70. The molecule has 0 bridgehead atoms. The van der Waals surface area contributed by atoms with Crippen molar-refractivity contribution in [3.63, 3.8) is 0 Å². The number of nitrogens with zero attached hydrogens (tertiary/aromatic N) is 1.